The number of ether oxygens (including phenoxy) is 1. The topological polar surface area (TPSA) is 38.3 Å². The normalized spacial score (nSPS) is 10.6. The van der Waals surface area contributed by atoms with Crippen molar-refractivity contribution in [2.45, 2.75) is 4.90 Å². The van der Waals surface area contributed by atoms with Gasteiger partial charge in [-0.25, -0.2) is 0 Å². The summed E-state index contributed by atoms with van der Waals surface area (Å²) in [6, 6.07) is 31.4. The largest absolute Gasteiger partial charge is 0.457 e. The van der Waals surface area contributed by atoms with Gasteiger partial charge in [-0.05, 0) is 53.2 Å². The summed E-state index contributed by atoms with van der Waals surface area (Å²) in [5, 5.41) is 5.29. The summed E-state index contributed by atoms with van der Waals surface area (Å²) in [7, 11) is 0. The first-order valence-electron chi connectivity index (χ1n) is 9.01. The Balaban J connectivity index is 1.34. The number of anilines is 1. The van der Waals surface area contributed by atoms with E-state index in [1.807, 2.05) is 72.8 Å². The molecular weight excluding hydrogens is 366 g/mol. The van der Waals surface area contributed by atoms with Crippen LogP contribution in [0.3, 0.4) is 0 Å². The molecule has 4 aromatic carbocycles. The van der Waals surface area contributed by atoms with Crippen molar-refractivity contribution >= 4 is 34.1 Å². The lowest BCUT2D eigenvalue weighted by molar-refractivity contribution is -0.113. The van der Waals surface area contributed by atoms with Crippen molar-refractivity contribution in [2.75, 3.05) is 11.1 Å². The fourth-order valence-corrected chi connectivity index (χ4v) is 3.77. The predicted molar refractivity (Wildman–Crippen MR) is 116 cm³/mol. The number of hydrogen-bond acceptors (Lipinski definition) is 3. The molecule has 0 aromatic heterocycles. The second kappa shape index (κ2) is 8.63. The van der Waals surface area contributed by atoms with Gasteiger partial charge in [-0.3, -0.25) is 4.79 Å². The summed E-state index contributed by atoms with van der Waals surface area (Å²) in [5.74, 6) is 1.84. The summed E-state index contributed by atoms with van der Waals surface area (Å²) in [5.41, 5.74) is 0.754. The first kappa shape index (κ1) is 18.1. The van der Waals surface area contributed by atoms with E-state index >= 15 is 0 Å². The second-order valence-corrected chi connectivity index (χ2v) is 7.27. The van der Waals surface area contributed by atoms with E-state index in [-0.39, 0.29) is 5.91 Å². The molecule has 4 heteroatoms. The minimum absolute atomic E-state index is 0.0327. The van der Waals surface area contributed by atoms with Crippen LogP contribution in [-0.4, -0.2) is 11.7 Å². The van der Waals surface area contributed by atoms with Crippen molar-refractivity contribution < 1.29 is 9.53 Å². The van der Waals surface area contributed by atoms with Gasteiger partial charge >= 0.3 is 0 Å². The second-order valence-electron chi connectivity index (χ2n) is 6.25. The molecule has 3 nitrogen and oxygen atoms in total. The van der Waals surface area contributed by atoms with E-state index in [2.05, 4.69) is 29.6 Å². The maximum atomic E-state index is 12.3. The highest BCUT2D eigenvalue weighted by atomic mass is 32.2. The number of carbonyl (C=O) groups excluding carboxylic acids is 1. The number of carbonyl (C=O) groups is 1. The molecule has 0 bridgehead atoms. The number of nitrogens with one attached hydrogen (secondary N) is 1. The minimum atomic E-state index is -0.0327. The molecule has 1 N–H and O–H groups in total. The first-order chi connectivity index (χ1) is 13.8. The van der Waals surface area contributed by atoms with Gasteiger partial charge in [0.05, 0.1) is 5.75 Å². The molecule has 0 atom stereocenters. The van der Waals surface area contributed by atoms with Crippen molar-refractivity contribution in [1.29, 1.82) is 0 Å². The Hall–Kier alpha value is -3.24. The average Bonchev–Trinajstić information content (AvgIpc) is 2.74. The Morgan fingerprint density at radius 2 is 1.43 bits per heavy atom. The lowest BCUT2D eigenvalue weighted by Crippen LogP contribution is -2.13. The molecule has 4 rings (SSSR count). The highest BCUT2D eigenvalue weighted by Crippen LogP contribution is 2.28. The van der Waals surface area contributed by atoms with Gasteiger partial charge in [0.2, 0.25) is 5.91 Å². The van der Waals surface area contributed by atoms with Crippen LogP contribution < -0.4 is 10.1 Å². The predicted octanol–water partition coefficient (Wildman–Crippen LogP) is 6.36. The number of para-hydroxylation sites is 1. The molecular formula is C24H19NO2S. The van der Waals surface area contributed by atoms with Crippen molar-refractivity contribution in [1.82, 2.24) is 0 Å². The number of hydrogen-bond donors (Lipinski definition) is 1. The van der Waals surface area contributed by atoms with Crippen LogP contribution in [0.25, 0.3) is 10.8 Å². The molecule has 0 saturated heterocycles. The van der Waals surface area contributed by atoms with E-state index in [0.29, 0.717) is 5.75 Å². The van der Waals surface area contributed by atoms with Gasteiger partial charge in [0.1, 0.15) is 11.5 Å². The van der Waals surface area contributed by atoms with Crippen LogP contribution in [0.2, 0.25) is 0 Å². The maximum absolute atomic E-state index is 12.3. The summed E-state index contributed by atoms with van der Waals surface area (Å²) >= 11 is 1.55. The Labute approximate surface area is 168 Å². The fraction of sp³-hybridized carbons (Fsp3) is 0.0417. The Morgan fingerprint density at radius 3 is 2.25 bits per heavy atom. The molecule has 0 aliphatic carbocycles. The smallest absolute Gasteiger partial charge is 0.234 e. The van der Waals surface area contributed by atoms with Gasteiger partial charge in [-0.15, -0.1) is 11.8 Å². The zero-order valence-electron chi connectivity index (χ0n) is 15.2. The molecule has 0 unspecified atom stereocenters. The number of rotatable bonds is 6. The third-order valence-electron chi connectivity index (χ3n) is 4.23. The number of fused-ring (bicyclic) bond motifs is 1. The zero-order chi connectivity index (χ0) is 19.2. The van der Waals surface area contributed by atoms with E-state index in [9.17, 15) is 4.79 Å². The molecule has 0 spiro atoms. The lowest BCUT2D eigenvalue weighted by atomic mass is 10.1. The Bertz CT molecular complexity index is 1070. The molecule has 0 saturated carbocycles. The van der Waals surface area contributed by atoms with Crippen LogP contribution in [0.4, 0.5) is 5.69 Å². The quantitative estimate of drug-likeness (QED) is 0.392. The molecule has 0 aliphatic rings. The van der Waals surface area contributed by atoms with E-state index in [1.54, 1.807) is 11.8 Å². The Morgan fingerprint density at radius 1 is 0.750 bits per heavy atom. The highest BCUT2D eigenvalue weighted by Gasteiger charge is 2.07. The van der Waals surface area contributed by atoms with Crippen molar-refractivity contribution in [3.63, 3.8) is 0 Å². The standard InChI is InChI=1S/C24H19NO2S/c26-24(17-28-23-12-6-8-18-7-4-5-11-22(18)23)25-19-13-15-21(16-14-19)27-20-9-2-1-3-10-20/h1-16H,17H2,(H,25,26). The third kappa shape index (κ3) is 4.53. The summed E-state index contributed by atoms with van der Waals surface area (Å²) < 4.78 is 5.77. The van der Waals surface area contributed by atoms with Crippen LogP contribution in [0.15, 0.2) is 102 Å². The van der Waals surface area contributed by atoms with Gasteiger partial charge in [0.25, 0.3) is 0 Å². The maximum Gasteiger partial charge on any atom is 0.234 e. The SMILES string of the molecule is O=C(CSc1cccc2ccccc12)Nc1ccc(Oc2ccccc2)cc1. The Kier molecular flexibility index (Phi) is 5.59. The van der Waals surface area contributed by atoms with Gasteiger partial charge in [0, 0.05) is 10.6 Å². The molecule has 0 aliphatic heterocycles. The summed E-state index contributed by atoms with van der Waals surface area (Å²) in [6.07, 6.45) is 0. The van der Waals surface area contributed by atoms with Crippen LogP contribution in [-0.2, 0) is 4.79 Å². The number of benzene rings is 4. The molecule has 0 fully saturated rings. The van der Waals surface area contributed by atoms with E-state index in [0.717, 1.165) is 22.1 Å². The van der Waals surface area contributed by atoms with E-state index in [4.69, 9.17) is 4.74 Å². The van der Waals surface area contributed by atoms with Gasteiger partial charge in [0.15, 0.2) is 0 Å². The summed E-state index contributed by atoms with van der Waals surface area (Å²) in [4.78, 5) is 13.4. The lowest BCUT2D eigenvalue weighted by Gasteiger charge is -2.09. The highest BCUT2D eigenvalue weighted by molar-refractivity contribution is 8.00. The van der Waals surface area contributed by atoms with E-state index < -0.39 is 0 Å². The van der Waals surface area contributed by atoms with Crippen molar-refractivity contribution in [2.24, 2.45) is 0 Å². The molecule has 0 heterocycles. The van der Waals surface area contributed by atoms with Crippen LogP contribution in [0.5, 0.6) is 11.5 Å². The number of amides is 1. The summed E-state index contributed by atoms with van der Waals surface area (Å²) in [6.45, 7) is 0. The molecule has 28 heavy (non-hydrogen) atoms. The monoisotopic (exact) mass is 385 g/mol. The molecule has 1 amide bonds. The van der Waals surface area contributed by atoms with Crippen molar-refractivity contribution in [3.05, 3.63) is 97.1 Å². The van der Waals surface area contributed by atoms with Gasteiger partial charge < -0.3 is 10.1 Å². The molecule has 0 radical (unpaired) electrons. The van der Waals surface area contributed by atoms with Crippen LogP contribution >= 0.6 is 11.8 Å². The van der Waals surface area contributed by atoms with E-state index in [1.165, 1.54) is 10.8 Å². The molecule has 4 aromatic rings. The third-order valence-corrected chi connectivity index (χ3v) is 5.30. The fourth-order valence-electron chi connectivity index (χ4n) is 2.89. The molecule has 138 valence electrons. The zero-order valence-corrected chi connectivity index (χ0v) is 16.0. The van der Waals surface area contributed by atoms with Gasteiger partial charge in [-0.2, -0.15) is 0 Å². The van der Waals surface area contributed by atoms with Crippen LogP contribution in [0, 0.1) is 0 Å². The minimum Gasteiger partial charge on any atom is -0.457 e. The van der Waals surface area contributed by atoms with Crippen molar-refractivity contribution in [3.8, 4) is 11.5 Å². The number of thioether (sulfide) groups is 1. The van der Waals surface area contributed by atoms with Gasteiger partial charge in [-0.1, -0.05) is 54.6 Å². The first-order valence-corrected chi connectivity index (χ1v) is 10.00. The average molecular weight is 385 g/mol. The van der Waals surface area contributed by atoms with Crippen LogP contribution in [0.1, 0.15) is 0 Å².